The van der Waals surface area contributed by atoms with Crippen LogP contribution >= 0.6 is 11.8 Å². The van der Waals surface area contributed by atoms with Crippen molar-refractivity contribution in [3.63, 3.8) is 0 Å². The molecule has 1 amide bonds. The molecule has 0 aliphatic heterocycles. The molecule has 2 aromatic carbocycles. The summed E-state index contributed by atoms with van der Waals surface area (Å²) >= 11 is 1.20. The number of anilines is 1. The number of aryl methyl sites for hydroxylation is 1. The van der Waals surface area contributed by atoms with Gasteiger partial charge in [0.15, 0.2) is 40.3 Å². The molecule has 5 aromatic rings. The maximum Gasteiger partial charge on any atom is 0.280 e. The minimum Gasteiger partial charge on any atom is -0.379 e. The van der Waals surface area contributed by atoms with Crippen molar-refractivity contribution in [1.82, 2.24) is 24.8 Å². The molecule has 5 rings (SSSR count). The van der Waals surface area contributed by atoms with Crippen LogP contribution in [0.3, 0.4) is 0 Å². The van der Waals surface area contributed by atoms with Gasteiger partial charge in [-0.25, -0.2) is 13.9 Å². The third-order valence-corrected chi connectivity index (χ3v) is 10.2. The number of carbonyl (C=O) groups excluding carboxylic acids is 3. The molecule has 0 unspecified atom stereocenters. The number of rotatable bonds is 25. The summed E-state index contributed by atoms with van der Waals surface area (Å²) in [5.74, 6) is -0.643. The minimum absolute atomic E-state index is 0.0760. The van der Waals surface area contributed by atoms with Gasteiger partial charge >= 0.3 is 0 Å². The molecule has 0 radical (unpaired) electrons. The van der Waals surface area contributed by atoms with Crippen molar-refractivity contribution in [2.45, 2.75) is 63.2 Å². The molecule has 0 saturated carbocycles. The second-order valence-electron chi connectivity index (χ2n) is 13.8. The van der Waals surface area contributed by atoms with Gasteiger partial charge in [-0.1, -0.05) is 48.2 Å². The number of benzene rings is 2. The fraction of sp³-hybridized carbons (Fsp3) is 0.405. The van der Waals surface area contributed by atoms with Crippen molar-refractivity contribution in [3.05, 3.63) is 100 Å². The Morgan fingerprint density at radius 3 is 2.09 bits per heavy atom. The first-order valence-electron chi connectivity index (χ1n) is 19.3. The summed E-state index contributed by atoms with van der Waals surface area (Å²) in [6.45, 7) is 4.32. The molecule has 0 aliphatic carbocycles. The molecule has 0 saturated heterocycles. The summed E-state index contributed by atoms with van der Waals surface area (Å²) in [5, 5.41) is 3.13. The quantitative estimate of drug-likeness (QED) is 0.0318. The molecule has 0 aliphatic rings. The lowest BCUT2D eigenvalue weighted by Gasteiger charge is -2.17. The van der Waals surface area contributed by atoms with Crippen molar-refractivity contribution in [2.75, 3.05) is 51.1 Å². The van der Waals surface area contributed by atoms with Gasteiger partial charge in [-0.05, 0) is 54.5 Å². The molecule has 3 heterocycles. The summed E-state index contributed by atoms with van der Waals surface area (Å²) in [7, 11) is 1.98. The van der Waals surface area contributed by atoms with E-state index in [4.69, 9.17) is 19.9 Å². The number of hydrogen-bond acceptors (Lipinski definition) is 11. The van der Waals surface area contributed by atoms with Gasteiger partial charge in [0.2, 0.25) is 11.9 Å². The van der Waals surface area contributed by atoms with E-state index >= 15 is 0 Å². The normalized spacial score (nSPS) is 11.8. The van der Waals surface area contributed by atoms with Crippen molar-refractivity contribution in [3.8, 4) is 11.1 Å². The Balaban J connectivity index is 0.919. The Morgan fingerprint density at radius 2 is 1.45 bits per heavy atom. The first-order chi connectivity index (χ1) is 28.1. The van der Waals surface area contributed by atoms with Crippen molar-refractivity contribution >= 4 is 46.3 Å². The zero-order valence-corrected chi connectivity index (χ0v) is 33.7. The largest absolute Gasteiger partial charge is 0.379 e. The number of fused-ring (bicyclic) bond motifs is 1. The van der Waals surface area contributed by atoms with Crippen LogP contribution in [0.2, 0.25) is 0 Å². The predicted molar refractivity (Wildman–Crippen MR) is 219 cm³/mol. The molecular formula is C42H51FN7O7S+. The summed E-state index contributed by atoms with van der Waals surface area (Å²) in [5.41, 5.74) is 9.28. The number of halogens is 1. The molecule has 4 N–H and O–H groups in total. The predicted octanol–water partition coefficient (Wildman–Crippen LogP) is 4.82. The first-order valence-corrected chi connectivity index (χ1v) is 20.3. The summed E-state index contributed by atoms with van der Waals surface area (Å²) < 4.78 is 34.1. The fourth-order valence-corrected chi connectivity index (χ4v) is 7.09. The van der Waals surface area contributed by atoms with Gasteiger partial charge in [0.1, 0.15) is 12.9 Å². The monoisotopic (exact) mass is 816 g/mol. The number of ketones is 2. The van der Waals surface area contributed by atoms with Crippen molar-refractivity contribution in [1.29, 1.82) is 0 Å². The standard InChI is InChI=1S/C42H50FN7O7S/c1-29(51)45-35(28-58-42-46-38-39(47-41(44)48-40(38)54)50(42)27-30-9-15-34(43)16-10-30)37(53)8-4-6-22-56-24-26-57-25-23-55-21-5-3-7-36(52)33-13-11-31(12-14-33)32-17-19-49(2)20-18-32/h9-20,35H,3-8,21-28H2,1-2H3,(H3-,44,45,47,48,51,54)/p+1/t35-/m0/s1. The van der Waals surface area contributed by atoms with Crippen LogP contribution in [0.5, 0.6) is 0 Å². The number of nitrogens with one attached hydrogen (secondary N) is 2. The molecule has 58 heavy (non-hydrogen) atoms. The van der Waals surface area contributed by atoms with E-state index in [2.05, 4.69) is 20.3 Å². The Labute approximate surface area is 340 Å². The molecule has 1 atom stereocenters. The van der Waals surface area contributed by atoms with E-state index in [1.807, 2.05) is 60.4 Å². The van der Waals surface area contributed by atoms with Crippen LogP contribution in [0.25, 0.3) is 22.3 Å². The molecule has 16 heteroatoms. The highest BCUT2D eigenvalue weighted by Gasteiger charge is 2.23. The second kappa shape index (κ2) is 22.6. The van der Waals surface area contributed by atoms with E-state index in [9.17, 15) is 23.6 Å². The van der Waals surface area contributed by atoms with Crippen molar-refractivity contribution < 1.29 is 37.6 Å². The third-order valence-electron chi connectivity index (χ3n) is 9.16. The first kappa shape index (κ1) is 43.8. The number of amides is 1. The summed E-state index contributed by atoms with van der Waals surface area (Å²) in [4.78, 5) is 61.5. The molecular weight excluding hydrogens is 766 g/mol. The number of nitrogen functional groups attached to an aromatic ring is 1. The minimum atomic E-state index is -0.788. The van der Waals surface area contributed by atoms with E-state index in [1.54, 1.807) is 16.7 Å². The second-order valence-corrected chi connectivity index (χ2v) is 14.8. The Bertz CT molecular complexity index is 2160. The molecule has 3 aromatic heterocycles. The molecule has 0 spiro atoms. The third kappa shape index (κ3) is 13.7. The molecule has 14 nitrogen and oxygen atoms in total. The van der Waals surface area contributed by atoms with E-state index < -0.39 is 11.6 Å². The number of pyridine rings is 1. The lowest BCUT2D eigenvalue weighted by atomic mass is 10.0. The smallest absolute Gasteiger partial charge is 0.280 e. The van der Waals surface area contributed by atoms with Gasteiger partial charge in [-0.15, -0.1) is 0 Å². The highest BCUT2D eigenvalue weighted by molar-refractivity contribution is 7.99. The highest BCUT2D eigenvalue weighted by atomic mass is 32.2. The molecule has 0 fully saturated rings. The Hall–Kier alpha value is -5.29. The van der Waals surface area contributed by atoms with Gasteiger partial charge in [-0.2, -0.15) is 4.98 Å². The van der Waals surface area contributed by atoms with E-state index in [-0.39, 0.29) is 59.1 Å². The highest BCUT2D eigenvalue weighted by Crippen LogP contribution is 2.25. The van der Waals surface area contributed by atoms with E-state index in [1.165, 1.54) is 30.8 Å². The number of imidazole rings is 1. The fourth-order valence-electron chi connectivity index (χ4n) is 6.05. The van der Waals surface area contributed by atoms with Gasteiger partial charge in [0.05, 0.1) is 39.0 Å². The number of carbonyl (C=O) groups is 3. The lowest BCUT2D eigenvalue weighted by molar-refractivity contribution is -0.671. The number of unbranched alkanes of at least 4 members (excludes halogenated alkanes) is 2. The molecule has 308 valence electrons. The maximum absolute atomic E-state index is 13.5. The summed E-state index contributed by atoms with van der Waals surface area (Å²) in [6.07, 6.45) is 7.48. The van der Waals surface area contributed by atoms with Gasteiger partial charge in [-0.3, -0.25) is 28.7 Å². The Morgan fingerprint density at radius 1 is 0.845 bits per heavy atom. The Kier molecular flexibility index (Phi) is 17.1. The number of aromatic nitrogens is 5. The number of nitrogens with zero attached hydrogens (tertiary/aromatic N) is 4. The number of Topliss-reactive ketones (excluding diaryl/α,β-unsaturated/α-hetero) is 2. The van der Waals surface area contributed by atoms with E-state index in [0.29, 0.717) is 64.1 Å². The van der Waals surface area contributed by atoms with Crippen LogP contribution in [0.4, 0.5) is 10.3 Å². The number of H-pyrrole nitrogens is 1. The van der Waals surface area contributed by atoms with Crippen LogP contribution in [0, 0.1) is 5.82 Å². The number of aromatic amines is 1. The van der Waals surface area contributed by atoms with E-state index in [0.717, 1.165) is 35.1 Å². The van der Waals surface area contributed by atoms with Gasteiger partial charge < -0.3 is 25.3 Å². The van der Waals surface area contributed by atoms with Gasteiger partial charge in [0, 0.05) is 56.4 Å². The number of thioether (sulfide) groups is 1. The van der Waals surface area contributed by atoms with Gasteiger partial charge in [0.25, 0.3) is 5.56 Å². The average Bonchev–Trinajstić information content (AvgIpc) is 3.55. The van der Waals surface area contributed by atoms with Crippen LogP contribution in [-0.2, 0) is 37.4 Å². The lowest BCUT2D eigenvalue weighted by Crippen LogP contribution is -2.41. The average molecular weight is 817 g/mol. The zero-order chi connectivity index (χ0) is 41.3. The van der Waals surface area contributed by atoms with Crippen molar-refractivity contribution in [2.24, 2.45) is 7.05 Å². The SMILES string of the molecule is CC(=O)N[C@@H](CSc1nc2c(=O)[nH]c(N)nc2n1Cc1ccc(F)cc1)C(=O)CCCCOCCOCCOCCCCC(=O)c1ccc(-c2cc[n+](C)cc2)cc1. The molecule has 0 bridgehead atoms. The summed E-state index contributed by atoms with van der Waals surface area (Å²) in [6, 6.07) is 17.0. The maximum atomic E-state index is 13.5. The van der Waals surface area contributed by atoms with Crippen LogP contribution in [-0.4, -0.2) is 88.4 Å². The van der Waals surface area contributed by atoms with Crippen LogP contribution in [0.15, 0.2) is 83.0 Å². The van der Waals surface area contributed by atoms with Crippen LogP contribution < -0.4 is 21.2 Å². The topological polar surface area (TPSA) is 184 Å². The van der Waals surface area contributed by atoms with Crippen LogP contribution in [0.1, 0.15) is 61.4 Å². The number of nitrogens with two attached hydrogens (primary N) is 1. The zero-order valence-electron chi connectivity index (χ0n) is 32.9. The number of ether oxygens (including phenoxy) is 3. The number of hydrogen-bond donors (Lipinski definition) is 3.